The van der Waals surface area contributed by atoms with Gasteiger partial charge in [-0.05, 0) is 28.1 Å². The predicted molar refractivity (Wildman–Crippen MR) is 61.4 cm³/mol. The number of hydrogen-bond donors (Lipinski definition) is 1. The second-order valence-corrected chi connectivity index (χ2v) is 8.00. The first kappa shape index (κ1) is 10.6. The van der Waals surface area contributed by atoms with Crippen LogP contribution in [0.2, 0.25) is 0 Å². The quantitative estimate of drug-likeness (QED) is 0.855. The molecular formula is C8H10BrNO2S2. The SMILES string of the molecule is O=S1(=O)CCNCC1c1ccc(Br)s1. The molecule has 0 radical (unpaired) electrons. The lowest BCUT2D eigenvalue weighted by molar-refractivity contribution is 0.553. The lowest BCUT2D eigenvalue weighted by Gasteiger charge is -2.21. The summed E-state index contributed by atoms with van der Waals surface area (Å²) >= 11 is 4.83. The van der Waals surface area contributed by atoms with Crippen LogP contribution in [-0.2, 0) is 9.84 Å². The highest BCUT2D eigenvalue weighted by Crippen LogP contribution is 2.32. The van der Waals surface area contributed by atoms with Gasteiger partial charge in [-0.1, -0.05) is 0 Å². The van der Waals surface area contributed by atoms with Gasteiger partial charge in [0.15, 0.2) is 9.84 Å². The summed E-state index contributed by atoms with van der Waals surface area (Å²) in [5, 5.41) is 2.76. The van der Waals surface area contributed by atoms with E-state index in [0.717, 1.165) is 8.66 Å². The summed E-state index contributed by atoms with van der Waals surface area (Å²) in [5.41, 5.74) is 0. The Balaban J connectivity index is 2.33. The van der Waals surface area contributed by atoms with Crippen molar-refractivity contribution >= 4 is 37.1 Å². The number of nitrogens with one attached hydrogen (secondary N) is 1. The van der Waals surface area contributed by atoms with Crippen LogP contribution in [0.4, 0.5) is 0 Å². The molecule has 3 nitrogen and oxygen atoms in total. The molecule has 78 valence electrons. The van der Waals surface area contributed by atoms with Gasteiger partial charge in [-0.2, -0.15) is 0 Å². The summed E-state index contributed by atoms with van der Waals surface area (Å²) in [4.78, 5) is 0.920. The van der Waals surface area contributed by atoms with Crippen LogP contribution < -0.4 is 5.32 Å². The van der Waals surface area contributed by atoms with Crippen LogP contribution in [-0.4, -0.2) is 27.3 Å². The Morgan fingerprint density at radius 2 is 2.29 bits per heavy atom. The van der Waals surface area contributed by atoms with Crippen molar-refractivity contribution in [1.29, 1.82) is 0 Å². The van der Waals surface area contributed by atoms with Gasteiger partial charge < -0.3 is 5.32 Å². The molecule has 2 rings (SSSR count). The summed E-state index contributed by atoms with van der Waals surface area (Å²) in [6.07, 6.45) is 0. The number of hydrogen-bond acceptors (Lipinski definition) is 4. The predicted octanol–water partition coefficient (Wildman–Crippen LogP) is 1.57. The van der Waals surface area contributed by atoms with Gasteiger partial charge in [-0.25, -0.2) is 8.42 Å². The zero-order chi connectivity index (χ0) is 10.2. The summed E-state index contributed by atoms with van der Waals surface area (Å²) in [6, 6.07) is 3.77. The van der Waals surface area contributed by atoms with Gasteiger partial charge in [0.2, 0.25) is 0 Å². The Labute approximate surface area is 95.6 Å². The van der Waals surface area contributed by atoms with Crippen LogP contribution in [0.3, 0.4) is 0 Å². The van der Waals surface area contributed by atoms with E-state index in [1.807, 2.05) is 12.1 Å². The van der Waals surface area contributed by atoms with Crippen LogP contribution >= 0.6 is 27.3 Å². The zero-order valence-electron chi connectivity index (χ0n) is 7.36. The molecule has 1 saturated heterocycles. The first-order valence-corrected chi connectivity index (χ1v) is 7.59. The van der Waals surface area contributed by atoms with E-state index in [1.165, 1.54) is 11.3 Å². The summed E-state index contributed by atoms with van der Waals surface area (Å²) in [7, 11) is -2.94. The molecule has 0 spiro atoms. The van der Waals surface area contributed by atoms with E-state index in [9.17, 15) is 8.42 Å². The van der Waals surface area contributed by atoms with Gasteiger partial charge in [-0.15, -0.1) is 11.3 Å². The minimum absolute atomic E-state index is 0.243. The second kappa shape index (κ2) is 3.92. The average molecular weight is 296 g/mol. The Morgan fingerprint density at radius 3 is 2.86 bits per heavy atom. The topological polar surface area (TPSA) is 46.2 Å². The maximum absolute atomic E-state index is 11.7. The highest BCUT2D eigenvalue weighted by molar-refractivity contribution is 9.11. The third-order valence-corrected chi connectivity index (χ3v) is 6.19. The minimum Gasteiger partial charge on any atom is -0.314 e. The summed E-state index contributed by atoms with van der Waals surface area (Å²) in [6.45, 7) is 1.11. The molecule has 1 N–H and O–H groups in total. The molecule has 0 bridgehead atoms. The molecule has 1 unspecified atom stereocenters. The van der Waals surface area contributed by atoms with Crippen LogP contribution in [0.1, 0.15) is 10.1 Å². The molecule has 1 atom stereocenters. The van der Waals surface area contributed by atoms with Crippen molar-refractivity contribution in [2.45, 2.75) is 5.25 Å². The lowest BCUT2D eigenvalue weighted by atomic mass is 10.3. The van der Waals surface area contributed by atoms with E-state index in [4.69, 9.17) is 0 Å². The van der Waals surface area contributed by atoms with Gasteiger partial charge in [0, 0.05) is 18.0 Å². The number of rotatable bonds is 1. The second-order valence-electron chi connectivity index (χ2n) is 3.20. The minimum atomic E-state index is -2.94. The first-order valence-electron chi connectivity index (χ1n) is 4.27. The normalized spacial score (nSPS) is 26.2. The monoisotopic (exact) mass is 295 g/mol. The number of halogens is 1. The Morgan fingerprint density at radius 1 is 1.50 bits per heavy atom. The molecule has 0 aliphatic carbocycles. The highest BCUT2D eigenvalue weighted by Gasteiger charge is 2.30. The fourth-order valence-electron chi connectivity index (χ4n) is 1.50. The Bertz CT molecular complexity index is 426. The maximum atomic E-state index is 11.7. The fraction of sp³-hybridized carbons (Fsp3) is 0.500. The van der Waals surface area contributed by atoms with Crippen LogP contribution in [0, 0.1) is 0 Å². The third-order valence-electron chi connectivity index (χ3n) is 2.24. The lowest BCUT2D eigenvalue weighted by Crippen LogP contribution is -2.38. The van der Waals surface area contributed by atoms with Crippen molar-refractivity contribution in [3.63, 3.8) is 0 Å². The van der Waals surface area contributed by atoms with Gasteiger partial charge in [0.25, 0.3) is 0 Å². The van der Waals surface area contributed by atoms with Crippen molar-refractivity contribution in [3.05, 3.63) is 20.8 Å². The van der Waals surface area contributed by atoms with Crippen LogP contribution in [0.15, 0.2) is 15.9 Å². The zero-order valence-corrected chi connectivity index (χ0v) is 10.6. The van der Waals surface area contributed by atoms with E-state index < -0.39 is 9.84 Å². The van der Waals surface area contributed by atoms with Crippen LogP contribution in [0.25, 0.3) is 0 Å². The van der Waals surface area contributed by atoms with E-state index in [-0.39, 0.29) is 11.0 Å². The van der Waals surface area contributed by atoms with E-state index in [1.54, 1.807) is 0 Å². The van der Waals surface area contributed by atoms with Crippen molar-refractivity contribution < 1.29 is 8.42 Å². The van der Waals surface area contributed by atoms with Crippen LogP contribution in [0.5, 0.6) is 0 Å². The molecule has 1 aromatic heterocycles. The van der Waals surface area contributed by atoms with Gasteiger partial charge in [0.1, 0.15) is 5.25 Å². The molecule has 1 aromatic rings. The summed E-state index contributed by atoms with van der Waals surface area (Å²) < 4.78 is 24.5. The summed E-state index contributed by atoms with van der Waals surface area (Å²) in [5.74, 6) is 0.243. The molecule has 0 aromatic carbocycles. The number of thiophene rings is 1. The van der Waals surface area contributed by atoms with E-state index in [2.05, 4.69) is 21.2 Å². The fourth-order valence-corrected chi connectivity index (χ4v) is 5.00. The van der Waals surface area contributed by atoms with Gasteiger partial charge in [-0.3, -0.25) is 0 Å². The van der Waals surface area contributed by atoms with Crippen molar-refractivity contribution in [1.82, 2.24) is 5.32 Å². The Kier molecular flexibility index (Phi) is 2.97. The van der Waals surface area contributed by atoms with E-state index >= 15 is 0 Å². The van der Waals surface area contributed by atoms with Gasteiger partial charge in [0.05, 0.1) is 9.54 Å². The molecule has 14 heavy (non-hydrogen) atoms. The van der Waals surface area contributed by atoms with Crippen molar-refractivity contribution in [3.8, 4) is 0 Å². The van der Waals surface area contributed by atoms with Crippen molar-refractivity contribution in [2.24, 2.45) is 0 Å². The third kappa shape index (κ3) is 2.03. The molecule has 0 amide bonds. The first-order chi connectivity index (χ1) is 6.59. The standard InChI is InChI=1S/C8H10BrNO2S2/c9-8-2-1-6(13-8)7-5-10-3-4-14(7,11)12/h1-2,7,10H,3-5H2. The molecule has 2 heterocycles. The highest BCUT2D eigenvalue weighted by atomic mass is 79.9. The van der Waals surface area contributed by atoms with Crippen molar-refractivity contribution in [2.75, 3.05) is 18.8 Å². The largest absolute Gasteiger partial charge is 0.314 e. The molecular weight excluding hydrogens is 286 g/mol. The smallest absolute Gasteiger partial charge is 0.160 e. The molecule has 1 fully saturated rings. The maximum Gasteiger partial charge on any atom is 0.160 e. The molecule has 1 aliphatic heterocycles. The number of sulfone groups is 1. The molecule has 1 aliphatic rings. The molecule has 6 heteroatoms. The average Bonchev–Trinajstić information content (AvgIpc) is 2.51. The Hall–Kier alpha value is 0.0900. The molecule has 0 saturated carbocycles. The van der Waals surface area contributed by atoms with E-state index in [0.29, 0.717) is 13.1 Å². The van der Waals surface area contributed by atoms with Gasteiger partial charge >= 0.3 is 0 Å².